The molecule has 0 fully saturated rings. The van der Waals surface area contributed by atoms with Crippen molar-refractivity contribution in [2.75, 3.05) is 25.0 Å². The van der Waals surface area contributed by atoms with E-state index in [2.05, 4.69) is 15.4 Å². The summed E-state index contributed by atoms with van der Waals surface area (Å²) < 4.78 is 1.50. The summed E-state index contributed by atoms with van der Waals surface area (Å²) >= 11 is 6.29. The third kappa shape index (κ3) is 5.16. The molecule has 0 spiro atoms. The first-order valence-corrected chi connectivity index (χ1v) is 13.9. The quantitative estimate of drug-likeness (QED) is 0.358. The van der Waals surface area contributed by atoms with Crippen molar-refractivity contribution in [3.63, 3.8) is 0 Å². The van der Waals surface area contributed by atoms with Gasteiger partial charge in [0, 0.05) is 60.4 Å². The fourth-order valence-corrected chi connectivity index (χ4v) is 5.68. The van der Waals surface area contributed by atoms with Crippen LogP contribution in [0.4, 0.5) is 5.69 Å². The maximum Gasteiger partial charge on any atom is 0.277 e. The Bertz CT molecular complexity index is 1730. The summed E-state index contributed by atoms with van der Waals surface area (Å²) in [5.41, 5.74) is 6.72. The number of carbonyl (C=O) groups is 3. The predicted molar refractivity (Wildman–Crippen MR) is 163 cm³/mol. The Morgan fingerprint density at radius 3 is 2.57 bits per heavy atom. The van der Waals surface area contributed by atoms with E-state index in [1.54, 1.807) is 53.4 Å². The molecule has 4 heterocycles. The van der Waals surface area contributed by atoms with E-state index in [4.69, 9.17) is 11.6 Å². The van der Waals surface area contributed by atoms with Crippen LogP contribution in [-0.4, -0.2) is 57.5 Å². The zero-order valence-corrected chi connectivity index (χ0v) is 23.8. The van der Waals surface area contributed by atoms with Crippen molar-refractivity contribution in [2.45, 2.75) is 40.7 Å². The van der Waals surface area contributed by atoms with Crippen molar-refractivity contribution in [1.82, 2.24) is 25.0 Å². The number of likely N-dealkylation sites (N-methyl/N-ethyl adjacent to an activating group) is 1. The van der Waals surface area contributed by atoms with Gasteiger partial charge in [-0.15, -0.1) is 0 Å². The Morgan fingerprint density at radius 2 is 1.81 bits per heavy atom. The van der Waals surface area contributed by atoms with E-state index >= 15 is 0 Å². The van der Waals surface area contributed by atoms with Crippen LogP contribution in [0.15, 0.2) is 54.7 Å². The maximum absolute atomic E-state index is 14.1. The molecular formula is C32H33ClN6O3. The average Bonchev–Trinajstić information content (AvgIpc) is 3.35. The number of nitrogens with zero attached hydrogens (tertiary/aromatic N) is 5. The number of rotatable bonds is 5. The lowest BCUT2D eigenvalue weighted by Gasteiger charge is -2.30. The number of aryl methyl sites for hydroxylation is 2. The fraction of sp³-hybridized carbons (Fsp3) is 0.281. The summed E-state index contributed by atoms with van der Waals surface area (Å²) in [7, 11) is 1.78. The lowest BCUT2D eigenvalue weighted by molar-refractivity contribution is 0.0780. The number of hydrogen-bond donors (Lipinski definition) is 1. The molecule has 1 N–H and O–H groups in total. The van der Waals surface area contributed by atoms with Gasteiger partial charge in [0.05, 0.1) is 5.69 Å². The number of carbonyl (C=O) groups excluding carboxylic acids is 3. The molecule has 2 aliphatic heterocycles. The minimum Gasteiger partial charge on any atom is -0.346 e. The highest BCUT2D eigenvalue weighted by Crippen LogP contribution is 2.31. The van der Waals surface area contributed by atoms with Crippen LogP contribution in [0.5, 0.6) is 0 Å². The van der Waals surface area contributed by atoms with Crippen molar-refractivity contribution >= 4 is 35.0 Å². The van der Waals surface area contributed by atoms with Crippen molar-refractivity contribution < 1.29 is 14.4 Å². The molecule has 0 atom stereocenters. The van der Waals surface area contributed by atoms with Gasteiger partial charge in [-0.3, -0.25) is 19.4 Å². The standard InChI is InChI=1S/C31H29ClN6O3.CH4/c1-18-13-19(2)33-16-21(18)17-34-29(39)27-25-10-12-37(23-8-7-20-9-11-36(3)30(40)26(20)15-23)31(41)28(25)38(35-27)24-6-4-5-22(32)14-24;/h4-8,13-16H,9-12,17H2,1-3H3,(H,34,39);1H4. The van der Waals surface area contributed by atoms with E-state index in [-0.39, 0.29) is 37.4 Å². The largest absolute Gasteiger partial charge is 0.346 e. The van der Waals surface area contributed by atoms with Crippen molar-refractivity contribution in [3.8, 4) is 5.69 Å². The van der Waals surface area contributed by atoms with Crippen LogP contribution in [0.3, 0.4) is 0 Å². The zero-order chi connectivity index (χ0) is 28.8. The van der Waals surface area contributed by atoms with E-state index in [1.807, 2.05) is 32.0 Å². The van der Waals surface area contributed by atoms with Gasteiger partial charge in [-0.05, 0) is 79.8 Å². The smallest absolute Gasteiger partial charge is 0.277 e. The number of fused-ring (bicyclic) bond motifs is 2. The average molecular weight is 585 g/mol. The minimum atomic E-state index is -0.370. The van der Waals surface area contributed by atoms with Crippen molar-refractivity contribution in [2.24, 2.45) is 0 Å². The summed E-state index contributed by atoms with van der Waals surface area (Å²) in [4.78, 5) is 48.1. The Labute approximate surface area is 250 Å². The lowest BCUT2D eigenvalue weighted by Crippen LogP contribution is -2.40. The number of aromatic nitrogens is 3. The lowest BCUT2D eigenvalue weighted by atomic mass is 9.97. The van der Waals surface area contributed by atoms with Crippen LogP contribution in [-0.2, 0) is 19.4 Å². The molecule has 0 aliphatic carbocycles. The topological polar surface area (TPSA) is 100 Å². The highest BCUT2D eigenvalue weighted by molar-refractivity contribution is 6.30. The Kier molecular flexibility index (Phi) is 7.88. The third-order valence-corrected chi connectivity index (χ3v) is 8.01. The van der Waals surface area contributed by atoms with Gasteiger partial charge >= 0.3 is 0 Å². The van der Waals surface area contributed by atoms with Gasteiger partial charge in [0.2, 0.25) is 0 Å². The van der Waals surface area contributed by atoms with E-state index < -0.39 is 0 Å². The number of amides is 3. The van der Waals surface area contributed by atoms with Crippen LogP contribution in [0, 0.1) is 13.8 Å². The second-order valence-electron chi connectivity index (χ2n) is 10.5. The number of nitrogens with one attached hydrogen (secondary N) is 1. The Balaban J connectivity index is 0.00000353. The number of anilines is 1. The molecule has 0 saturated carbocycles. The number of pyridine rings is 1. The van der Waals surface area contributed by atoms with Crippen LogP contribution in [0.25, 0.3) is 5.69 Å². The summed E-state index contributed by atoms with van der Waals surface area (Å²) in [5, 5.41) is 8.08. The summed E-state index contributed by atoms with van der Waals surface area (Å²) in [6, 6.07) is 14.6. The second-order valence-corrected chi connectivity index (χ2v) is 11.0. The van der Waals surface area contributed by atoms with E-state index in [0.29, 0.717) is 52.7 Å². The molecule has 10 heteroatoms. The molecule has 0 bridgehead atoms. The number of benzene rings is 2. The first-order valence-electron chi connectivity index (χ1n) is 13.5. The van der Waals surface area contributed by atoms with Gasteiger partial charge in [0.25, 0.3) is 17.7 Å². The van der Waals surface area contributed by atoms with E-state index in [9.17, 15) is 14.4 Å². The first-order chi connectivity index (χ1) is 19.7. The van der Waals surface area contributed by atoms with Crippen molar-refractivity contribution in [3.05, 3.63) is 105 Å². The highest BCUT2D eigenvalue weighted by Gasteiger charge is 2.36. The maximum atomic E-state index is 14.1. The molecule has 9 nitrogen and oxygen atoms in total. The molecule has 3 amide bonds. The molecule has 4 aromatic rings. The molecule has 2 aromatic carbocycles. The molecule has 0 saturated heterocycles. The van der Waals surface area contributed by atoms with Crippen LogP contribution >= 0.6 is 11.6 Å². The number of hydrogen-bond acceptors (Lipinski definition) is 5. The van der Waals surface area contributed by atoms with Gasteiger partial charge in [0.1, 0.15) is 5.69 Å². The summed E-state index contributed by atoms with van der Waals surface area (Å²) in [6.45, 7) is 5.20. The van der Waals surface area contributed by atoms with Gasteiger partial charge in [-0.2, -0.15) is 5.10 Å². The Hall–Kier alpha value is -4.50. The molecule has 6 rings (SSSR count). The molecule has 0 radical (unpaired) electrons. The van der Waals surface area contributed by atoms with Gasteiger partial charge < -0.3 is 15.1 Å². The minimum absolute atomic E-state index is 0. The first kappa shape index (κ1) is 29.0. The van der Waals surface area contributed by atoms with Gasteiger partial charge in [-0.25, -0.2) is 4.68 Å². The van der Waals surface area contributed by atoms with Gasteiger partial charge in [-0.1, -0.05) is 31.2 Å². The molecular weight excluding hydrogens is 552 g/mol. The van der Waals surface area contributed by atoms with Crippen molar-refractivity contribution in [1.29, 1.82) is 0 Å². The highest BCUT2D eigenvalue weighted by atomic mass is 35.5. The second kappa shape index (κ2) is 11.4. The molecule has 42 heavy (non-hydrogen) atoms. The van der Waals surface area contributed by atoms with Crippen LogP contribution < -0.4 is 10.2 Å². The van der Waals surface area contributed by atoms with E-state index in [1.165, 1.54) is 4.68 Å². The van der Waals surface area contributed by atoms with E-state index in [0.717, 1.165) is 28.8 Å². The fourth-order valence-electron chi connectivity index (χ4n) is 5.50. The van der Waals surface area contributed by atoms with Crippen LogP contribution in [0.2, 0.25) is 5.02 Å². The Morgan fingerprint density at radius 1 is 1.00 bits per heavy atom. The van der Waals surface area contributed by atoms with Crippen LogP contribution in [0.1, 0.15) is 66.7 Å². The SMILES string of the molecule is C.Cc1cc(C)c(CNC(=O)c2nn(-c3cccc(Cl)c3)c3c2CCN(c2ccc4c(c2)C(=O)N(C)CC4)C3=O)cn1. The monoisotopic (exact) mass is 584 g/mol. The molecule has 2 aliphatic rings. The normalized spacial score (nSPS) is 14.3. The van der Waals surface area contributed by atoms with Gasteiger partial charge in [0.15, 0.2) is 5.69 Å². The molecule has 0 unspecified atom stereocenters. The number of halogens is 1. The predicted octanol–water partition coefficient (Wildman–Crippen LogP) is 4.93. The summed E-state index contributed by atoms with van der Waals surface area (Å²) in [6.07, 6.45) is 2.95. The third-order valence-electron chi connectivity index (χ3n) is 7.78. The zero-order valence-electron chi connectivity index (χ0n) is 23.1. The summed E-state index contributed by atoms with van der Waals surface area (Å²) in [5.74, 6) is -0.723. The molecule has 216 valence electrons. The molecule has 2 aromatic heterocycles.